The average Bonchev–Trinajstić information content (AvgIpc) is 2.26. The topological polar surface area (TPSA) is 42.2 Å². The van der Waals surface area contributed by atoms with E-state index in [0.29, 0.717) is 12.2 Å². The van der Waals surface area contributed by atoms with Gasteiger partial charge in [-0.3, -0.25) is 0 Å². The van der Waals surface area contributed by atoms with Crippen molar-refractivity contribution in [2.45, 2.75) is 6.42 Å². The summed E-state index contributed by atoms with van der Waals surface area (Å²) in [5.74, 6) is 0.751. The Morgan fingerprint density at radius 3 is 2.71 bits per heavy atom. The maximum atomic E-state index is 8.69. The Morgan fingerprint density at radius 1 is 1.36 bits per heavy atom. The summed E-state index contributed by atoms with van der Waals surface area (Å²) < 4.78 is 10.2. The van der Waals surface area contributed by atoms with Gasteiger partial charge >= 0.3 is 0 Å². The molecule has 0 aromatic heterocycles. The molecule has 0 heterocycles. The summed E-state index contributed by atoms with van der Waals surface area (Å²) in [6.07, 6.45) is 0.797. The Bertz CT molecular complexity index is 342. The Kier molecular flexibility index (Phi) is 3.96. The van der Waals surface area contributed by atoms with Gasteiger partial charge < -0.3 is 9.47 Å². The molecule has 74 valence electrons. The lowest BCUT2D eigenvalue weighted by Crippen LogP contribution is -1.98. The van der Waals surface area contributed by atoms with E-state index >= 15 is 0 Å². The van der Waals surface area contributed by atoms with Crippen molar-refractivity contribution in [3.63, 3.8) is 0 Å². The minimum Gasteiger partial charge on any atom is -0.496 e. The SMILES string of the molecule is COCCc1ccc(C#N)cc1OC. The summed E-state index contributed by atoms with van der Waals surface area (Å²) >= 11 is 0. The number of nitriles is 1. The molecule has 0 atom stereocenters. The molecule has 0 bridgehead atoms. The van der Waals surface area contributed by atoms with Crippen molar-refractivity contribution in [1.82, 2.24) is 0 Å². The fourth-order valence-corrected chi connectivity index (χ4v) is 1.23. The van der Waals surface area contributed by atoms with Crippen LogP contribution in [0.2, 0.25) is 0 Å². The van der Waals surface area contributed by atoms with E-state index in [4.69, 9.17) is 14.7 Å². The average molecular weight is 191 g/mol. The Balaban J connectivity index is 2.89. The molecule has 0 aliphatic carbocycles. The molecule has 1 aromatic rings. The van der Waals surface area contributed by atoms with E-state index in [0.717, 1.165) is 17.7 Å². The van der Waals surface area contributed by atoms with Crippen LogP contribution in [0.5, 0.6) is 5.75 Å². The number of hydrogen-bond acceptors (Lipinski definition) is 3. The lowest BCUT2D eigenvalue weighted by Gasteiger charge is -2.07. The maximum absolute atomic E-state index is 8.69. The molecule has 1 rings (SSSR count). The van der Waals surface area contributed by atoms with Gasteiger partial charge in [0.25, 0.3) is 0 Å². The van der Waals surface area contributed by atoms with Crippen LogP contribution < -0.4 is 4.74 Å². The lowest BCUT2D eigenvalue weighted by atomic mass is 10.1. The number of ether oxygens (including phenoxy) is 2. The quantitative estimate of drug-likeness (QED) is 0.728. The third-order valence-electron chi connectivity index (χ3n) is 1.99. The van der Waals surface area contributed by atoms with Gasteiger partial charge in [0.05, 0.1) is 25.3 Å². The van der Waals surface area contributed by atoms with E-state index in [1.165, 1.54) is 0 Å². The molecule has 0 spiro atoms. The highest BCUT2D eigenvalue weighted by Gasteiger charge is 2.03. The first-order valence-electron chi connectivity index (χ1n) is 4.37. The first-order valence-corrected chi connectivity index (χ1v) is 4.37. The number of nitrogens with zero attached hydrogens (tertiary/aromatic N) is 1. The van der Waals surface area contributed by atoms with Crippen LogP contribution in [0, 0.1) is 11.3 Å². The molecule has 0 radical (unpaired) electrons. The molecule has 0 aliphatic rings. The number of benzene rings is 1. The zero-order valence-electron chi connectivity index (χ0n) is 8.41. The normalized spacial score (nSPS) is 9.50. The second kappa shape index (κ2) is 5.25. The summed E-state index contributed by atoms with van der Waals surface area (Å²) in [5.41, 5.74) is 1.68. The zero-order valence-corrected chi connectivity index (χ0v) is 8.41. The largest absolute Gasteiger partial charge is 0.496 e. The molecule has 3 heteroatoms. The molecule has 3 nitrogen and oxygen atoms in total. The Labute approximate surface area is 83.9 Å². The molecular weight excluding hydrogens is 178 g/mol. The van der Waals surface area contributed by atoms with Gasteiger partial charge in [-0.05, 0) is 24.1 Å². The van der Waals surface area contributed by atoms with Gasteiger partial charge in [-0.25, -0.2) is 0 Å². The third-order valence-corrected chi connectivity index (χ3v) is 1.99. The predicted molar refractivity (Wildman–Crippen MR) is 53.3 cm³/mol. The molecule has 0 saturated carbocycles. The van der Waals surface area contributed by atoms with E-state index < -0.39 is 0 Å². The van der Waals surface area contributed by atoms with Crippen molar-refractivity contribution in [2.75, 3.05) is 20.8 Å². The van der Waals surface area contributed by atoms with Gasteiger partial charge in [0.1, 0.15) is 5.75 Å². The summed E-state index contributed by atoms with van der Waals surface area (Å²) in [4.78, 5) is 0. The fourth-order valence-electron chi connectivity index (χ4n) is 1.23. The first kappa shape index (κ1) is 10.6. The highest BCUT2D eigenvalue weighted by atomic mass is 16.5. The van der Waals surface area contributed by atoms with Crippen molar-refractivity contribution in [3.05, 3.63) is 29.3 Å². The standard InChI is InChI=1S/C11H13NO2/c1-13-6-5-10-4-3-9(8-12)7-11(10)14-2/h3-4,7H,5-6H2,1-2H3. The maximum Gasteiger partial charge on any atom is 0.123 e. The number of rotatable bonds is 4. The number of hydrogen-bond donors (Lipinski definition) is 0. The third kappa shape index (κ3) is 2.48. The van der Waals surface area contributed by atoms with Crippen LogP contribution in [0.3, 0.4) is 0 Å². The second-order valence-corrected chi connectivity index (χ2v) is 2.88. The van der Waals surface area contributed by atoms with E-state index in [1.807, 2.05) is 6.07 Å². The molecule has 0 fully saturated rings. The van der Waals surface area contributed by atoms with E-state index in [-0.39, 0.29) is 0 Å². The highest BCUT2D eigenvalue weighted by molar-refractivity contribution is 5.42. The molecule has 0 aliphatic heterocycles. The van der Waals surface area contributed by atoms with E-state index in [1.54, 1.807) is 26.4 Å². The summed E-state index contributed by atoms with van der Waals surface area (Å²) in [6, 6.07) is 7.50. The Morgan fingerprint density at radius 2 is 2.14 bits per heavy atom. The molecule has 14 heavy (non-hydrogen) atoms. The van der Waals surface area contributed by atoms with Crippen molar-refractivity contribution < 1.29 is 9.47 Å². The lowest BCUT2D eigenvalue weighted by molar-refractivity contribution is 0.201. The zero-order chi connectivity index (χ0) is 10.4. The molecule has 0 amide bonds. The van der Waals surface area contributed by atoms with Crippen LogP contribution in [0.1, 0.15) is 11.1 Å². The van der Waals surface area contributed by atoms with Crippen molar-refractivity contribution in [3.8, 4) is 11.8 Å². The highest BCUT2D eigenvalue weighted by Crippen LogP contribution is 2.20. The fraction of sp³-hybridized carbons (Fsp3) is 0.364. The van der Waals surface area contributed by atoms with Gasteiger partial charge in [0.15, 0.2) is 0 Å². The van der Waals surface area contributed by atoms with Gasteiger partial charge in [0, 0.05) is 7.11 Å². The minimum atomic E-state index is 0.614. The number of methoxy groups -OCH3 is 2. The molecule has 1 aromatic carbocycles. The van der Waals surface area contributed by atoms with Crippen molar-refractivity contribution in [1.29, 1.82) is 5.26 Å². The molecule has 0 saturated heterocycles. The monoisotopic (exact) mass is 191 g/mol. The van der Waals surface area contributed by atoms with Crippen LogP contribution in [0.15, 0.2) is 18.2 Å². The van der Waals surface area contributed by atoms with E-state index in [2.05, 4.69) is 6.07 Å². The predicted octanol–water partition coefficient (Wildman–Crippen LogP) is 1.76. The summed E-state index contributed by atoms with van der Waals surface area (Å²) in [6.45, 7) is 0.655. The molecule has 0 unspecified atom stereocenters. The smallest absolute Gasteiger partial charge is 0.123 e. The van der Waals surface area contributed by atoms with Gasteiger partial charge in [-0.2, -0.15) is 5.26 Å². The summed E-state index contributed by atoms with van der Waals surface area (Å²) in [5, 5.41) is 8.69. The van der Waals surface area contributed by atoms with Crippen LogP contribution in [0.4, 0.5) is 0 Å². The summed E-state index contributed by atoms with van der Waals surface area (Å²) in [7, 11) is 3.27. The van der Waals surface area contributed by atoms with Crippen LogP contribution in [0.25, 0.3) is 0 Å². The van der Waals surface area contributed by atoms with Gasteiger partial charge in [-0.15, -0.1) is 0 Å². The van der Waals surface area contributed by atoms with Gasteiger partial charge in [0.2, 0.25) is 0 Å². The Hall–Kier alpha value is -1.53. The van der Waals surface area contributed by atoms with E-state index in [9.17, 15) is 0 Å². The molecule has 0 N–H and O–H groups in total. The molecular formula is C11H13NO2. The van der Waals surface area contributed by atoms with Gasteiger partial charge in [-0.1, -0.05) is 6.07 Å². The van der Waals surface area contributed by atoms with Crippen LogP contribution in [-0.4, -0.2) is 20.8 Å². The minimum absolute atomic E-state index is 0.614. The van der Waals surface area contributed by atoms with Crippen molar-refractivity contribution >= 4 is 0 Å². The first-order chi connectivity index (χ1) is 6.81. The second-order valence-electron chi connectivity index (χ2n) is 2.88. The van der Waals surface area contributed by atoms with Crippen LogP contribution in [-0.2, 0) is 11.2 Å². The van der Waals surface area contributed by atoms with Crippen molar-refractivity contribution in [2.24, 2.45) is 0 Å². The van der Waals surface area contributed by atoms with Crippen LogP contribution >= 0.6 is 0 Å².